The highest BCUT2D eigenvalue weighted by atomic mass is 35.5. The van der Waals surface area contributed by atoms with Gasteiger partial charge in [0.1, 0.15) is 11.7 Å². The Bertz CT molecular complexity index is 1520. The van der Waals surface area contributed by atoms with Crippen molar-refractivity contribution in [2.24, 2.45) is 0 Å². The van der Waals surface area contributed by atoms with E-state index in [4.69, 9.17) is 30.6 Å². The van der Waals surface area contributed by atoms with Gasteiger partial charge in [0.05, 0.1) is 29.0 Å². The normalized spacial score (nSPS) is 20.7. The number of hydroxylamine groups is 1. The van der Waals surface area contributed by atoms with Crippen LogP contribution in [0.2, 0.25) is 5.28 Å². The van der Waals surface area contributed by atoms with Gasteiger partial charge < -0.3 is 19.3 Å². The number of carbonyl (C=O) groups excluding carboxylic acids is 2. The monoisotopic (exact) mass is 624 g/mol. The number of aliphatic hydroxyl groups excluding tert-OH is 1. The van der Waals surface area contributed by atoms with Gasteiger partial charge in [0.25, 0.3) is 5.69 Å². The molecular formula is C26H30ClFN6O9. The molecule has 3 heterocycles. The molecule has 1 fully saturated rings. The lowest BCUT2D eigenvalue weighted by Crippen LogP contribution is -2.42. The number of anilines is 1. The van der Waals surface area contributed by atoms with Crippen molar-refractivity contribution in [3.05, 3.63) is 51.6 Å². The van der Waals surface area contributed by atoms with E-state index in [2.05, 4.69) is 15.0 Å². The number of nitrogens with zero attached hydrogens (tertiary/aromatic N) is 6. The lowest BCUT2D eigenvalue weighted by Gasteiger charge is -2.30. The predicted octanol–water partition coefficient (Wildman–Crippen LogP) is 4.31. The molecular weight excluding hydrogens is 595 g/mol. The highest BCUT2D eigenvalue weighted by molar-refractivity contribution is 6.28. The minimum absolute atomic E-state index is 0.0258. The molecule has 1 aliphatic heterocycles. The molecule has 1 aromatic carbocycles. The van der Waals surface area contributed by atoms with Crippen molar-refractivity contribution in [1.82, 2.24) is 19.5 Å². The number of rotatable bonds is 7. The van der Waals surface area contributed by atoms with Crippen LogP contribution in [0.5, 0.6) is 0 Å². The molecule has 0 aliphatic carbocycles. The first-order chi connectivity index (χ1) is 20.0. The van der Waals surface area contributed by atoms with Crippen LogP contribution >= 0.6 is 11.6 Å². The van der Waals surface area contributed by atoms with Crippen LogP contribution in [0.1, 0.15) is 58.1 Å². The number of alkyl halides is 1. The van der Waals surface area contributed by atoms with E-state index in [1.807, 2.05) is 0 Å². The number of amides is 1. The Hall–Kier alpha value is -3.99. The number of nitro benzene ring substituents is 1. The van der Waals surface area contributed by atoms with Crippen LogP contribution < -0.4 is 5.06 Å². The Balaban J connectivity index is 1.67. The SMILES string of the molecule is CC(C)(C)OC(=O)N(OC(C)(C)C)c1nc(Cl)nc2c1ncn2[C@@H]1O[C@H](CO)[C@H](OC(=O)c2ccc([N+](=O)[O-])cc2)[C@@H]1F. The van der Waals surface area contributed by atoms with E-state index in [1.54, 1.807) is 41.5 Å². The molecule has 0 unspecified atom stereocenters. The van der Waals surface area contributed by atoms with Crippen LogP contribution in [0.15, 0.2) is 30.6 Å². The van der Waals surface area contributed by atoms with Crippen molar-refractivity contribution >= 4 is 46.3 Å². The van der Waals surface area contributed by atoms with Gasteiger partial charge in [0.2, 0.25) is 5.28 Å². The molecule has 1 N–H and O–H groups in total. The number of hydrogen-bond acceptors (Lipinski definition) is 12. The highest BCUT2D eigenvalue weighted by Gasteiger charge is 2.49. The van der Waals surface area contributed by atoms with E-state index < -0.39 is 59.4 Å². The maximum Gasteiger partial charge on any atom is 0.440 e. The molecule has 0 spiro atoms. The summed E-state index contributed by atoms with van der Waals surface area (Å²) in [5.41, 5.74) is -2.21. The Labute approximate surface area is 249 Å². The summed E-state index contributed by atoms with van der Waals surface area (Å²) in [6.45, 7) is 9.35. The van der Waals surface area contributed by atoms with Gasteiger partial charge in [0.15, 0.2) is 35.5 Å². The lowest BCUT2D eigenvalue weighted by molar-refractivity contribution is -0.384. The molecule has 17 heteroatoms. The van der Waals surface area contributed by atoms with E-state index in [0.717, 1.165) is 40.2 Å². The number of carbonyl (C=O) groups is 2. The van der Waals surface area contributed by atoms with Crippen LogP contribution in [0, 0.1) is 10.1 Å². The molecule has 15 nitrogen and oxygen atoms in total. The fraction of sp³-hybridized carbons (Fsp3) is 0.500. The number of nitro groups is 1. The summed E-state index contributed by atoms with van der Waals surface area (Å²) in [4.78, 5) is 54.5. The van der Waals surface area contributed by atoms with E-state index in [-0.39, 0.29) is 33.5 Å². The van der Waals surface area contributed by atoms with Gasteiger partial charge in [-0.3, -0.25) is 19.5 Å². The van der Waals surface area contributed by atoms with Gasteiger partial charge in [-0.25, -0.2) is 19.0 Å². The number of hydrogen-bond donors (Lipinski definition) is 1. The molecule has 1 saturated heterocycles. The number of aliphatic hydroxyl groups is 1. The number of imidazole rings is 1. The summed E-state index contributed by atoms with van der Waals surface area (Å²) in [6.07, 6.45) is -6.17. The summed E-state index contributed by atoms with van der Waals surface area (Å²) in [6, 6.07) is 4.52. The third kappa shape index (κ3) is 7.15. The summed E-state index contributed by atoms with van der Waals surface area (Å²) in [5, 5.41) is 21.2. The molecule has 232 valence electrons. The van der Waals surface area contributed by atoms with Gasteiger partial charge in [-0.2, -0.15) is 9.97 Å². The third-order valence-corrected chi connectivity index (χ3v) is 5.94. The first-order valence-corrected chi connectivity index (χ1v) is 13.3. The van der Waals surface area contributed by atoms with Gasteiger partial charge in [-0.1, -0.05) is 0 Å². The second-order valence-electron chi connectivity index (χ2n) is 11.5. The number of fused-ring (bicyclic) bond motifs is 1. The quantitative estimate of drug-likeness (QED) is 0.170. The van der Waals surface area contributed by atoms with Crippen molar-refractivity contribution in [3.63, 3.8) is 0 Å². The van der Waals surface area contributed by atoms with Gasteiger partial charge in [-0.15, -0.1) is 5.06 Å². The van der Waals surface area contributed by atoms with Crippen molar-refractivity contribution in [1.29, 1.82) is 0 Å². The van der Waals surface area contributed by atoms with Gasteiger partial charge >= 0.3 is 12.1 Å². The largest absolute Gasteiger partial charge is 0.453 e. The molecule has 3 aromatic rings. The molecule has 43 heavy (non-hydrogen) atoms. The van der Waals surface area contributed by atoms with Gasteiger partial charge in [0, 0.05) is 12.1 Å². The maximum absolute atomic E-state index is 15.9. The van der Waals surface area contributed by atoms with Crippen LogP contribution in [-0.4, -0.2) is 77.8 Å². The molecule has 1 aliphatic rings. The number of benzene rings is 1. The van der Waals surface area contributed by atoms with Crippen molar-refractivity contribution in [2.75, 3.05) is 11.7 Å². The zero-order valence-corrected chi connectivity index (χ0v) is 24.8. The zero-order valence-electron chi connectivity index (χ0n) is 24.1. The van der Waals surface area contributed by atoms with E-state index in [1.165, 1.54) is 0 Å². The number of esters is 1. The molecule has 4 rings (SSSR count). The number of aromatic nitrogens is 4. The molecule has 0 radical (unpaired) electrons. The topological polar surface area (TPSA) is 181 Å². The minimum Gasteiger partial charge on any atom is -0.453 e. The molecule has 0 bridgehead atoms. The number of non-ortho nitro benzene ring substituents is 1. The van der Waals surface area contributed by atoms with Crippen LogP contribution in [-0.2, 0) is 19.0 Å². The Kier molecular flexibility index (Phi) is 8.87. The molecule has 2 aromatic heterocycles. The average Bonchev–Trinajstić information content (AvgIpc) is 3.45. The summed E-state index contributed by atoms with van der Waals surface area (Å²) in [5.74, 6) is -1.17. The maximum atomic E-state index is 15.9. The fourth-order valence-electron chi connectivity index (χ4n) is 4.06. The summed E-state index contributed by atoms with van der Waals surface area (Å²) < 4.78 is 33.5. The van der Waals surface area contributed by atoms with E-state index in [0.29, 0.717) is 0 Å². The smallest absolute Gasteiger partial charge is 0.440 e. The van der Waals surface area contributed by atoms with Crippen LogP contribution in [0.25, 0.3) is 11.2 Å². The second-order valence-corrected chi connectivity index (χ2v) is 11.8. The number of halogens is 2. The Morgan fingerprint density at radius 2 is 1.81 bits per heavy atom. The van der Waals surface area contributed by atoms with E-state index in [9.17, 15) is 24.8 Å². The summed E-state index contributed by atoms with van der Waals surface area (Å²) in [7, 11) is 0. The van der Waals surface area contributed by atoms with Crippen LogP contribution in [0.3, 0.4) is 0 Å². The standard InChI is InChI=1S/C26H30ClFN6O9/c1-25(2,3)42-24(37)33(43-26(4,5)6)20-17-19(30-23(27)31-20)32(12-29-17)21-16(28)18(15(11-35)40-21)41-22(36)13-7-9-14(10-8-13)34(38)39/h7-10,12,15-16,18,21,35H,11H2,1-6H3/t15-,16+,18+,21-/m1/s1. The van der Waals surface area contributed by atoms with Crippen molar-refractivity contribution in [2.45, 2.75) is 77.4 Å². The average molecular weight is 625 g/mol. The molecule has 4 atom stereocenters. The van der Waals surface area contributed by atoms with Gasteiger partial charge in [-0.05, 0) is 65.3 Å². The van der Waals surface area contributed by atoms with E-state index >= 15 is 4.39 Å². The highest BCUT2D eigenvalue weighted by Crippen LogP contribution is 2.37. The summed E-state index contributed by atoms with van der Waals surface area (Å²) >= 11 is 6.22. The second kappa shape index (κ2) is 11.9. The molecule has 0 saturated carbocycles. The van der Waals surface area contributed by atoms with Crippen LogP contribution in [0.4, 0.5) is 20.7 Å². The first-order valence-electron chi connectivity index (χ1n) is 13.0. The third-order valence-electron chi connectivity index (χ3n) is 5.77. The van der Waals surface area contributed by atoms with Crippen molar-refractivity contribution in [3.8, 4) is 0 Å². The Morgan fingerprint density at radius 1 is 1.16 bits per heavy atom. The zero-order chi connectivity index (χ0) is 31.9. The fourth-order valence-corrected chi connectivity index (χ4v) is 4.22. The first kappa shape index (κ1) is 31.9. The number of ether oxygens (including phenoxy) is 3. The predicted molar refractivity (Wildman–Crippen MR) is 148 cm³/mol. The van der Waals surface area contributed by atoms with Crippen molar-refractivity contribution < 1.29 is 43.1 Å². The molecule has 1 amide bonds. The lowest BCUT2D eigenvalue weighted by atomic mass is 10.1. The Morgan fingerprint density at radius 3 is 2.37 bits per heavy atom. The minimum atomic E-state index is -2.04.